The summed E-state index contributed by atoms with van der Waals surface area (Å²) in [5, 5.41) is 23.0. The van der Waals surface area contributed by atoms with E-state index in [0.29, 0.717) is 17.8 Å². The molecule has 0 saturated carbocycles. The molecule has 2 atom stereocenters. The van der Waals surface area contributed by atoms with Crippen LogP contribution < -0.4 is 10.6 Å². The number of aliphatic hydroxyl groups excluding tert-OH is 1. The van der Waals surface area contributed by atoms with E-state index in [9.17, 15) is 10.2 Å². The van der Waals surface area contributed by atoms with Crippen LogP contribution in [-0.4, -0.2) is 86.5 Å². The Morgan fingerprint density at radius 3 is 1.79 bits per heavy atom. The van der Waals surface area contributed by atoms with Crippen molar-refractivity contribution in [2.75, 3.05) is 63.5 Å². The maximum absolute atomic E-state index is 12.5. The molecule has 0 aliphatic carbocycles. The van der Waals surface area contributed by atoms with Gasteiger partial charge in [0.05, 0.1) is 6.61 Å². The first kappa shape index (κ1) is 36.7. The quantitative estimate of drug-likeness (QED) is 0.151. The fourth-order valence-corrected chi connectivity index (χ4v) is 5.91. The van der Waals surface area contributed by atoms with Crippen molar-refractivity contribution in [3.63, 3.8) is 0 Å². The third-order valence-corrected chi connectivity index (χ3v) is 7.36. The number of anilines is 2. The molecule has 244 valence electrons. The van der Waals surface area contributed by atoms with Gasteiger partial charge in [0.1, 0.15) is 6.61 Å². The van der Waals surface area contributed by atoms with Crippen LogP contribution in [0, 0.1) is 0 Å². The topological polar surface area (TPSA) is 134 Å². The van der Waals surface area contributed by atoms with Gasteiger partial charge < -0.3 is 54.0 Å². The molecule has 1 aliphatic heterocycles. The maximum Gasteiger partial charge on any atom is 0.361 e. The molecule has 2 rings (SSSR count). The molecular weight excluding hydrogens is 544 g/mol. The minimum absolute atomic E-state index is 0.0582. The van der Waals surface area contributed by atoms with E-state index in [0.717, 1.165) is 11.1 Å². The number of ether oxygens (including phenoxy) is 7. The van der Waals surface area contributed by atoms with E-state index in [1.165, 1.54) is 0 Å². The van der Waals surface area contributed by atoms with Gasteiger partial charge in [0.15, 0.2) is 0 Å². The highest BCUT2D eigenvalue weighted by Crippen LogP contribution is 2.52. The molecule has 0 bridgehead atoms. The van der Waals surface area contributed by atoms with E-state index in [-0.39, 0.29) is 64.7 Å². The average molecular weight is 601 g/mol. The maximum atomic E-state index is 12.5. The van der Waals surface area contributed by atoms with Crippen LogP contribution in [0.4, 0.5) is 11.4 Å². The van der Waals surface area contributed by atoms with E-state index in [1.54, 1.807) is 6.92 Å². The van der Waals surface area contributed by atoms with E-state index >= 15 is 0 Å². The van der Waals surface area contributed by atoms with Gasteiger partial charge in [0.2, 0.25) is 0 Å². The second-order valence-corrected chi connectivity index (χ2v) is 11.2. The van der Waals surface area contributed by atoms with Gasteiger partial charge in [-0.2, -0.15) is 0 Å². The van der Waals surface area contributed by atoms with Crippen molar-refractivity contribution in [2.45, 2.75) is 111 Å². The lowest BCUT2D eigenvalue weighted by Crippen LogP contribution is -2.75. The predicted molar refractivity (Wildman–Crippen MR) is 162 cm³/mol. The van der Waals surface area contributed by atoms with Crippen molar-refractivity contribution in [1.82, 2.24) is 0 Å². The highest BCUT2D eigenvalue weighted by molar-refractivity contribution is 5.69. The largest absolute Gasteiger partial charge is 0.398 e. The molecular formula is C31H56N2O9. The van der Waals surface area contributed by atoms with Gasteiger partial charge in [-0.1, -0.05) is 13.8 Å². The number of nitrogens with two attached hydrogens (primary N) is 1. The lowest BCUT2D eigenvalue weighted by Gasteiger charge is -2.58. The Morgan fingerprint density at radius 1 is 0.857 bits per heavy atom. The zero-order chi connectivity index (χ0) is 31.8. The van der Waals surface area contributed by atoms with Gasteiger partial charge in [-0.3, -0.25) is 0 Å². The van der Waals surface area contributed by atoms with Crippen LogP contribution >= 0.6 is 0 Å². The van der Waals surface area contributed by atoms with Gasteiger partial charge in [-0.15, -0.1) is 0 Å². The first-order chi connectivity index (χ1) is 19.8. The lowest BCUT2D eigenvalue weighted by atomic mass is 9.77. The van der Waals surface area contributed by atoms with Crippen molar-refractivity contribution in [2.24, 2.45) is 0 Å². The Balaban J connectivity index is 2.90. The Hall–Kier alpha value is -1.54. The Kier molecular flexibility index (Phi) is 13.5. The standard InChI is InChI=1S/C31H56N2O9/c1-11-36-29(37-12-2,38-13-3)21-42-31(35,41-16-6)30(39-14-4,40-15-5)33-27-18-24(22(7)8)26(32)17-25(27)23(20-34)19-28(33,9)10/h17-18,22-23,34-35H,11-16,19-21,32H2,1-10H3. The number of hydrogen-bond acceptors (Lipinski definition) is 11. The molecule has 0 fully saturated rings. The van der Waals surface area contributed by atoms with Crippen LogP contribution in [0.2, 0.25) is 0 Å². The van der Waals surface area contributed by atoms with Crippen LogP contribution in [0.3, 0.4) is 0 Å². The fourth-order valence-electron chi connectivity index (χ4n) is 5.91. The summed E-state index contributed by atoms with van der Waals surface area (Å²) in [5.74, 6) is -6.24. The van der Waals surface area contributed by atoms with Crippen molar-refractivity contribution < 1.29 is 43.4 Å². The SMILES string of the molecule is CCOC(COC(O)(OCC)C(OCC)(OCC)N1c2cc(C(C)C)c(N)cc2C(CO)CC1(C)C)(OCC)OCC. The highest BCUT2D eigenvalue weighted by atomic mass is 16.9. The Labute approximate surface area is 252 Å². The minimum Gasteiger partial charge on any atom is -0.398 e. The third kappa shape index (κ3) is 7.39. The van der Waals surface area contributed by atoms with Crippen molar-refractivity contribution >= 4 is 11.4 Å². The zero-order valence-electron chi connectivity index (χ0n) is 27.5. The monoisotopic (exact) mass is 600 g/mol. The number of nitrogens with zero attached hydrogens (tertiary/aromatic N) is 1. The van der Waals surface area contributed by atoms with Crippen molar-refractivity contribution in [3.8, 4) is 0 Å². The van der Waals surface area contributed by atoms with Gasteiger partial charge in [0, 0.05) is 62.5 Å². The lowest BCUT2D eigenvalue weighted by molar-refractivity contribution is -0.508. The normalized spacial score (nSPS) is 18.8. The number of aliphatic hydroxyl groups is 2. The summed E-state index contributed by atoms with van der Waals surface area (Å²) in [7, 11) is 0. The predicted octanol–water partition coefficient (Wildman–Crippen LogP) is 4.65. The first-order valence-corrected chi connectivity index (χ1v) is 15.4. The Bertz CT molecular complexity index is 951. The molecule has 1 heterocycles. The van der Waals surface area contributed by atoms with Crippen molar-refractivity contribution in [1.29, 1.82) is 0 Å². The number of rotatable bonds is 19. The highest BCUT2D eigenvalue weighted by Gasteiger charge is 2.66. The van der Waals surface area contributed by atoms with Crippen LogP contribution in [-0.2, 0) is 33.2 Å². The molecule has 42 heavy (non-hydrogen) atoms. The fraction of sp³-hybridized carbons (Fsp3) is 0.806. The molecule has 1 aromatic rings. The average Bonchev–Trinajstić information content (AvgIpc) is 2.91. The number of fused-ring (bicyclic) bond motifs is 1. The minimum atomic E-state index is -2.51. The smallest absolute Gasteiger partial charge is 0.361 e. The molecule has 0 radical (unpaired) electrons. The van der Waals surface area contributed by atoms with Crippen LogP contribution in [0.5, 0.6) is 0 Å². The summed E-state index contributed by atoms with van der Waals surface area (Å²) < 4.78 is 42.8. The number of nitrogen functional groups attached to an aromatic ring is 1. The summed E-state index contributed by atoms with van der Waals surface area (Å²) >= 11 is 0. The van der Waals surface area contributed by atoms with Gasteiger partial charge >= 0.3 is 17.9 Å². The van der Waals surface area contributed by atoms with E-state index in [4.69, 9.17) is 38.9 Å². The second-order valence-electron chi connectivity index (χ2n) is 11.2. The van der Waals surface area contributed by atoms with Crippen LogP contribution in [0.25, 0.3) is 0 Å². The molecule has 0 spiro atoms. The Morgan fingerprint density at radius 2 is 1.36 bits per heavy atom. The summed E-state index contributed by atoms with van der Waals surface area (Å²) in [6, 6.07) is 3.89. The van der Waals surface area contributed by atoms with Crippen LogP contribution in [0.1, 0.15) is 98.6 Å². The molecule has 0 amide bonds. The third-order valence-electron chi connectivity index (χ3n) is 7.36. The molecule has 1 aromatic carbocycles. The van der Waals surface area contributed by atoms with Crippen LogP contribution in [0.15, 0.2) is 12.1 Å². The van der Waals surface area contributed by atoms with E-state index < -0.39 is 23.4 Å². The molecule has 4 N–H and O–H groups in total. The summed E-state index contributed by atoms with van der Waals surface area (Å²) in [4.78, 5) is 1.87. The van der Waals surface area contributed by atoms with Crippen molar-refractivity contribution in [3.05, 3.63) is 23.3 Å². The summed E-state index contributed by atoms with van der Waals surface area (Å²) in [6.45, 7) is 19.7. The summed E-state index contributed by atoms with van der Waals surface area (Å²) in [6.07, 6.45) is 0.502. The van der Waals surface area contributed by atoms with Gasteiger partial charge in [0.25, 0.3) is 0 Å². The second kappa shape index (κ2) is 15.5. The molecule has 1 aliphatic rings. The summed E-state index contributed by atoms with van der Waals surface area (Å²) in [5.41, 5.74) is 8.83. The number of hydrogen-bond donors (Lipinski definition) is 3. The van der Waals surface area contributed by atoms with Gasteiger partial charge in [-0.25, -0.2) is 0 Å². The van der Waals surface area contributed by atoms with E-state index in [1.807, 2.05) is 65.5 Å². The van der Waals surface area contributed by atoms with E-state index in [2.05, 4.69) is 13.8 Å². The number of benzene rings is 1. The molecule has 0 aromatic heterocycles. The first-order valence-electron chi connectivity index (χ1n) is 15.4. The zero-order valence-corrected chi connectivity index (χ0v) is 27.5. The van der Waals surface area contributed by atoms with Gasteiger partial charge in [-0.05, 0) is 91.0 Å². The molecule has 11 heteroatoms. The molecule has 0 saturated heterocycles. The molecule has 11 nitrogen and oxygen atoms in total. The molecule has 2 unspecified atom stereocenters.